The van der Waals surface area contributed by atoms with Crippen LogP contribution in [0.2, 0.25) is 0 Å². The highest BCUT2D eigenvalue weighted by Crippen LogP contribution is 2.26. The maximum Gasteiger partial charge on any atom is 0.220 e. The molecule has 30 heavy (non-hydrogen) atoms. The molecule has 0 unspecified atom stereocenters. The lowest BCUT2D eigenvalue weighted by Gasteiger charge is -2.34. The van der Waals surface area contributed by atoms with Crippen LogP contribution in [0.3, 0.4) is 0 Å². The van der Waals surface area contributed by atoms with Crippen molar-refractivity contribution in [3.8, 4) is 16.3 Å². The molecular weight excluding hydrogens is 398 g/mol. The van der Waals surface area contributed by atoms with Gasteiger partial charge in [0.1, 0.15) is 10.8 Å². The van der Waals surface area contributed by atoms with E-state index in [1.807, 2.05) is 24.3 Å². The molecule has 1 aromatic heterocycles. The monoisotopic (exact) mass is 429 g/mol. The predicted octanol–water partition coefficient (Wildman–Crippen LogP) is 3.13. The standard InChI is InChI=1S/C22H31N5O2S/c1-4-24-22(27-11-9-16(10-12-27)13-20(28)23-2)25-14-18-15-30-21(26-18)17-5-7-19(29-3)8-6-17/h5-8,15-16H,4,9-14H2,1-3H3,(H,23,28)(H,24,25). The van der Waals surface area contributed by atoms with Crippen LogP contribution in [0.25, 0.3) is 10.6 Å². The number of thiazole rings is 1. The Morgan fingerprint density at radius 1 is 1.30 bits per heavy atom. The second kappa shape index (κ2) is 11.0. The summed E-state index contributed by atoms with van der Waals surface area (Å²) in [7, 11) is 3.37. The largest absolute Gasteiger partial charge is 0.497 e. The van der Waals surface area contributed by atoms with Gasteiger partial charge in [0.25, 0.3) is 0 Å². The Bertz CT molecular complexity index is 841. The van der Waals surface area contributed by atoms with E-state index in [1.165, 1.54) is 0 Å². The predicted molar refractivity (Wildman–Crippen MR) is 122 cm³/mol. The first-order chi connectivity index (χ1) is 14.6. The van der Waals surface area contributed by atoms with Crippen molar-refractivity contribution in [2.75, 3.05) is 33.8 Å². The van der Waals surface area contributed by atoms with E-state index in [0.717, 1.165) is 60.4 Å². The van der Waals surface area contributed by atoms with E-state index in [1.54, 1.807) is 25.5 Å². The lowest BCUT2D eigenvalue weighted by Crippen LogP contribution is -2.46. The summed E-state index contributed by atoms with van der Waals surface area (Å²) in [5, 5.41) is 9.18. The van der Waals surface area contributed by atoms with Crippen molar-refractivity contribution >= 4 is 23.2 Å². The highest BCUT2D eigenvalue weighted by atomic mass is 32.1. The Balaban J connectivity index is 1.60. The Morgan fingerprint density at radius 3 is 2.67 bits per heavy atom. The molecule has 0 bridgehead atoms. The van der Waals surface area contributed by atoms with E-state index in [2.05, 4.69) is 27.8 Å². The van der Waals surface area contributed by atoms with E-state index in [-0.39, 0.29) is 5.91 Å². The number of amides is 1. The van der Waals surface area contributed by atoms with Crippen molar-refractivity contribution in [3.05, 3.63) is 35.3 Å². The summed E-state index contributed by atoms with van der Waals surface area (Å²) in [4.78, 5) is 23.5. The number of hydrogen-bond acceptors (Lipinski definition) is 5. The van der Waals surface area contributed by atoms with E-state index in [4.69, 9.17) is 14.7 Å². The molecule has 162 valence electrons. The Kier molecular flexibility index (Phi) is 8.07. The van der Waals surface area contributed by atoms with Crippen LogP contribution in [0.4, 0.5) is 0 Å². The van der Waals surface area contributed by atoms with E-state index in [0.29, 0.717) is 18.9 Å². The maximum absolute atomic E-state index is 11.6. The number of piperidine rings is 1. The molecule has 3 rings (SSSR count). The third-order valence-electron chi connectivity index (χ3n) is 5.28. The first-order valence-corrected chi connectivity index (χ1v) is 11.3. The zero-order valence-electron chi connectivity index (χ0n) is 18.0. The maximum atomic E-state index is 11.6. The van der Waals surface area contributed by atoms with Crippen LogP contribution < -0.4 is 15.4 Å². The van der Waals surface area contributed by atoms with Crippen LogP contribution in [0, 0.1) is 5.92 Å². The molecule has 0 radical (unpaired) electrons. The second-order valence-corrected chi connectivity index (χ2v) is 8.21. The average Bonchev–Trinajstić information content (AvgIpc) is 3.26. The van der Waals surface area contributed by atoms with E-state index >= 15 is 0 Å². The Labute approximate surface area is 182 Å². The SMILES string of the molecule is CCNC(=NCc1csc(-c2ccc(OC)cc2)n1)N1CCC(CC(=O)NC)CC1. The Morgan fingerprint density at radius 2 is 2.03 bits per heavy atom. The number of guanidine groups is 1. The number of benzene rings is 1. The molecular formula is C22H31N5O2S. The molecule has 1 saturated heterocycles. The normalized spacial score (nSPS) is 15.2. The smallest absolute Gasteiger partial charge is 0.220 e. The van der Waals surface area contributed by atoms with Gasteiger partial charge in [-0.1, -0.05) is 0 Å². The summed E-state index contributed by atoms with van der Waals surface area (Å²) in [6, 6.07) is 7.95. The van der Waals surface area contributed by atoms with Crippen LogP contribution in [0.5, 0.6) is 5.75 Å². The average molecular weight is 430 g/mol. The molecule has 0 spiro atoms. The van der Waals surface area contributed by atoms with Crippen LogP contribution in [0.1, 0.15) is 31.9 Å². The fraction of sp³-hybridized carbons (Fsp3) is 0.500. The third kappa shape index (κ3) is 5.95. The summed E-state index contributed by atoms with van der Waals surface area (Å²) in [5.74, 6) is 2.35. The number of nitrogens with zero attached hydrogens (tertiary/aromatic N) is 3. The summed E-state index contributed by atoms with van der Waals surface area (Å²) >= 11 is 1.63. The fourth-order valence-electron chi connectivity index (χ4n) is 3.54. The minimum absolute atomic E-state index is 0.130. The van der Waals surface area contributed by atoms with Gasteiger partial charge in [-0.2, -0.15) is 0 Å². The van der Waals surface area contributed by atoms with E-state index in [9.17, 15) is 4.79 Å². The van der Waals surface area contributed by atoms with Gasteiger partial charge in [-0.3, -0.25) is 4.79 Å². The molecule has 2 aromatic rings. The highest BCUT2D eigenvalue weighted by molar-refractivity contribution is 7.13. The van der Waals surface area contributed by atoms with Crippen molar-refractivity contribution in [2.45, 2.75) is 32.7 Å². The molecule has 1 aromatic carbocycles. The molecule has 1 fully saturated rings. The quantitative estimate of drug-likeness (QED) is 0.522. The first-order valence-electron chi connectivity index (χ1n) is 10.5. The summed E-state index contributed by atoms with van der Waals surface area (Å²) in [6.07, 6.45) is 2.64. The Hall–Kier alpha value is -2.61. The number of nitrogens with one attached hydrogen (secondary N) is 2. The molecule has 8 heteroatoms. The minimum Gasteiger partial charge on any atom is -0.497 e. The van der Waals surface area contributed by atoms with Crippen LogP contribution in [-0.4, -0.2) is 55.5 Å². The van der Waals surface area contributed by atoms with Crippen molar-refractivity contribution in [1.82, 2.24) is 20.5 Å². The van der Waals surface area contributed by atoms with Gasteiger partial charge >= 0.3 is 0 Å². The van der Waals surface area contributed by atoms with Gasteiger partial charge in [0, 0.05) is 44.0 Å². The number of ether oxygens (including phenoxy) is 1. The third-order valence-corrected chi connectivity index (χ3v) is 6.22. The van der Waals surface area contributed by atoms with Gasteiger partial charge < -0.3 is 20.3 Å². The lowest BCUT2D eigenvalue weighted by molar-refractivity contribution is -0.121. The minimum atomic E-state index is 0.130. The molecule has 2 heterocycles. The van der Waals surface area contributed by atoms with Crippen LogP contribution in [-0.2, 0) is 11.3 Å². The van der Waals surface area contributed by atoms with Gasteiger partial charge in [0.2, 0.25) is 5.91 Å². The molecule has 7 nitrogen and oxygen atoms in total. The number of carbonyl (C=O) groups is 1. The molecule has 0 aliphatic carbocycles. The topological polar surface area (TPSA) is 78.9 Å². The number of aliphatic imine (C=N–C) groups is 1. The molecule has 0 saturated carbocycles. The molecule has 1 aliphatic heterocycles. The van der Waals surface area contributed by atoms with Gasteiger partial charge in [0.15, 0.2) is 5.96 Å². The summed E-state index contributed by atoms with van der Waals surface area (Å²) in [5.41, 5.74) is 2.05. The molecule has 1 amide bonds. The van der Waals surface area contributed by atoms with Gasteiger partial charge in [-0.25, -0.2) is 9.98 Å². The van der Waals surface area contributed by atoms with Gasteiger partial charge in [0.05, 0.1) is 19.3 Å². The molecule has 0 atom stereocenters. The van der Waals surface area contributed by atoms with Crippen LogP contribution >= 0.6 is 11.3 Å². The lowest BCUT2D eigenvalue weighted by atomic mass is 9.93. The van der Waals surface area contributed by atoms with Crippen molar-refractivity contribution in [3.63, 3.8) is 0 Å². The van der Waals surface area contributed by atoms with Gasteiger partial charge in [-0.05, 0) is 49.9 Å². The zero-order valence-corrected chi connectivity index (χ0v) is 18.8. The molecule has 1 aliphatic rings. The molecule has 2 N–H and O–H groups in total. The zero-order chi connectivity index (χ0) is 21.3. The number of rotatable bonds is 7. The second-order valence-electron chi connectivity index (χ2n) is 7.35. The highest BCUT2D eigenvalue weighted by Gasteiger charge is 2.23. The van der Waals surface area contributed by atoms with Crippen LogP contribution in [0.15, 0.2) is 34.6 Å². The summed E-state index contributed by atoms with van der Waals surface area (Å²) in [6.45, 7) is 5.29. The van der Waals surface area contributed by atoms with E-state index < -0.39 is 0 Å². The first kappa shape index (κ1) is 22.1. The van der Waals surface area contributed by atoms with Gasteiger partial charge in [-0.15, -0.1) is 11.3 Å². The van der Waals surface area contributed by atoms with Crippen molar-refractivity contribution in [2.24, 2.45) is 10.9 Å². The van der Waals surface area contributed by atoms with Crippen molar-refractivity contribution < 1.29 is 9.53 Å². The number of methoxy groups -OCH3 is 1. The number of likely N-dealkylation sites (tertiary alicyclic amines) is 1. The fourth-order valence-corrected chi connectivity index (χ4v) is 4.36. The number of aromatic nitrogens is 1. The number of hydrogen-bond donors (Lipinski definition) is 2. The summed E-state index contributed by atoms with van der Waals surface area (Å²) < 4.78 is 5.22. The number of carbonyl (C=O) groups excluding carboxylic acids is 1. The van der Waals surface area contributed by atoms with Crippen molar-refractivity contribution in [1.29, 1.82) is 0 Å².